The number of sulfonamides is 1. The van der Waals surface area contributed by atoms with E-state index in [0.29, 0.717) is 17.3 Å². The lowest BCUT2D eigenvalue weighted by molar-refractivity contribution is 0.00945. The van der Waals surface area contributed by atoms with Gasteiger partial charge in [-0.2, -0.15) is 0 Å². The van der Waals surface area contributed by atoms with Gasteiger partial charge in [0.1, 0.15) is 4.90 Å². The molecule has 0 aliphatic heterocycles. The van der Waals surface area contributed by atoms with Gasteiger partial charge < -0.3 is 5.11 Å². The molecule has 0 amide bonds. The van der Waals surface area contributed by atoms with Crippen LogP contribution in [-0.2, 0) is 10.0 Å². The van der Waals surface area contributed by atoms with Crippen molar-refractivity contribution in [3.05, 3.63) is 26.7 Å². The third kappa shape index (κ3) is 4.33. The molecule has 0 spiro atoms. The predicted molar refractivity (Wildman–Crippen MR) is 87.4 cm³/mol. The fourth-order valence-electron chi connectivity index (χ4n) is 2.47. The molecule has 0 saturated heterocycles. The van der Waals surface area contributed by atoms with Gasteiger partial charge in [-0.25, -0.2) is 13.1 Å². The normalized spacial score (nSPS) is 18.7. The lowest BCUT2D eigenvalue weighted by Gasteiger charge is -2.32. The van der Waals surface area contributed by atoms with Crippen LogP contribution < -0.4 is 4.72 Å². The highest BCUT2D eigenvalue weighted by Crippen LogP contribution is 2.33. The maximum absolute atomic E-state index is 12.4. The number of nitrogens with one attached hydrogen (secondary N) is 1. The number of halogens is 3. The third-order valence-corrected chi connectivity index (χ3v) is 6.39. The summed E-state index contributed by atoms with van der Waals surface area (Å²) in [5.74, 6) is 0. The first-order chi connectivity index (χ1) is 9.73. The van der Waals surface area contributed by atoms with Crippen LogP contribution in [0.15, 0.2) is 21.5 Å². The zero-order chi connectivity index (χ0) is 15.7. The van der Waals surface area contributed by atoms with Gasteiger partial charge in [-0.3, -0.25) is 0 Å². The van der Waals surface area contributed by atoms with Crippen molar-refractivity contribution in [3.63, 3.8) is 0 Å². The van der Waals surface area contributed by atoms with E-state index in [1.165, 1.54) is 12.1 Å². The molecule has 0 atom stereocenters. The quantitative estimate of drug-likeness (QED) is 0.785. The summed E-state index contributed by atoms with van der Waals surface area (Å²) in [6.45, 7) is -0.0297. The largest absolute Gasteiger partial charge is 0.389 e. The van der Waals surface area contributed by atoms with Crippen LogP contribution >= 0.6 is 39.1 Å². The average Bonchev–Trinajstić information content (AvgIpc) is 2.36. The van der Waals surface area contributed by atoms with Crippen LogP contribution in [0.5, 0.6) is 0 Å². The minimum Gasteiger partial charge on any atom is -0.389 e. The Morgan fingerprint density at radius 1 is 1.19 bits per heavy atom. The monoisotopic (exact) mass is 415 g/mol. The first-order valence-electron chi connectivity index (χ1n) is 6.60. The first-order valence-corrected chi connectivity index (χ1v) is 9.63. The van der Waals surface area contributed by atoms with Crippen molar-refractivity contribution < 1.29 is 13.5 Å². The van der Waals surface area contributed by atoms with Crippen molar-refractivity contribution in [3.8, 4) is 0 Å². The van der Waals surface area contributed by atoms with E-state index < -0.39 is 15.6 Å². The van der Waals surface area contributed by atoms with Gasteiger partial charge in [0, 0.05) is 11.0 Å². The molecule has 0 aromatic heterocycles. The summed E-state index contributed by atoms with van der Waals surface area (Å²) < 4.78 is 27.8. The van der Waals surface area contributed by atoms with E-state index in [2.05, 4.69) is 20.7 Å². The SMILES string of the molecule is O=S(=O)(NCC1(O)CCCCC1)c1c(Cl)cc(Br)cc1Cl. The van der Waals surface area contributed by atoms with Crippen LogP contribution in [0, 0.1) is 0 Å². The van der Waals surface area contributed by atoms with Gasteiger partial charge in [0.05, 0.1) is 15.6 Å². The number of aliphatic hydroxyl groups is 1. The number of rotatable bonds is 4. The van der Waals surface area contributed by atoms with Gasteiger partial charge in [0.2, 0.25) is 10.0 Å². The summed E-state index contributed by atoms with van der Waals surface area (Å²) in [7, 11) is -3.87. The van der Waals surface area contributed by atoms with E-state index in [4.69, 9.17) is 23.2 Å². The van der Waals surface area contributed by atoms with Crippen molar-refractivity contribution >= 4 is 49.2 Å². The minimum atomic E-state index is -3.87. The number of hydrogen-bond acceptors (Lipinski definition) is 3. The molecule has 1 aliphatic carbocycles. The van der Waals surface area contributed by atoms with E-state index in [9.17, 15) is 13.5 Å². The number of hydrogen-bond donors (Lipinski definition) is 2. The molecule has 0 unspecified atom stereocenters. The molecule has 1 fully saturated rings. The summed E-state index contributed by atoms with van der Waals surface area (Å²) in [5.41, 5.74) is -0.986. The van der Waals surface area contributed by atoms with Gasteiger partial charge in [0.25, 0.3) is 0 Å². The standard InChI is InChI=1S/C13H16BrCl2NO3S/c14-9-6-10(15)12(11(16)7-9)21(19,20)17-8-13(18)4-2-1-3-5-13/h6-7,17-18H,1-5,8H2. The van der Waals surface area contributed by atoms with Crippen molar-refractivity contribution in [1.82, 2.24) is 4.72 Å². The van der Waals surface area contributed by atoms with E-state index >= 15 is 0 Å². The molecule has 2 rings (SSSR count). The molecule has 1 aliphatic rings. The summed E-state index contributed by atoms with van der Waals surface area (Å²) in [4.78, 5) is -0.159. The Bertz CT molecular complexity index is 607. The maximum atomic E-state index is 12.4. The smallest absolute Gasteiger partial charge is 0.243 e. The van der Waals surface area contributed by atoms with E-state index in [1.807, 2.05) is 0 Å². The second-order valence-electron chi connectivity index (χ2n) is 5.31. The van der Waals surface area contributed by atoms with Crippen LogP contribution in [0.3, 0.4) is 0 Å². The Hall–Kier alpha value is 0.150. The topological polar surface area (TPSA) is 66.4 Å². The Kier molecular flexibility index (Phi) is 5.60. The lowest BCUT2D eigenvalue weighted by atomic mass is 9.85. The van der Waals surface area contributed by atoms with Gasteiger partial charge in [-0.05, 0) is 25.0 Å². The summed E-state index contributed by atoms with van der Waals surface area (Å²) in [6.07, 6.45) is 4.06. The van der Waals surface area contributed by atoms with E-state index in [-0.39, 0.29) is 21.5 Å². The molecule has 1 saturated carbocycles. The molecule has 4 nitrogen and oxygen atoms in total. The van der Waals surface area contributed by atoms with Crippen molar-refractivity contribution in [2.24, 2.45) is 0 Å². The van der Waals surface area contributed by atoms with Gasteiger partial charge in [-0.1, -0.05) is 58.4 Å². The first kappa shape index (κ1) is 17.5. The third-order valence-electron chi connectivity index (χ3n) is 3.61. The minimum absolute atomic E-state index is 0.0297. The highest BCUT2D eigenvalue weighted by Gasteiger charge is 2.32. The van der Waals surface area contributed by atoms with Crippen LogP contribution in [0.25, 0.3) is 0 Å². The lowest BCUT2D eigenvalue weighted by Crippen LogP contribution is -2.44. The van der Waals surface area contributed by atoms with Crippen molar-refractivity contribution in [2.75, 3.05) is 6.54 Å². The van der Waals surface area contributed by atoms with E-state index in [0.717, 1.165) is 19.3 Å². The van der Waals surface area contributed by atoms with Crippen LogP contribution in [0.4, 0.5) is 0 Å². The molecule has 0 heterocycles. The van der Waals surface area contributed by atoms with Gasteiger partial charge in [0.15, 0.2) is 0 Å². The van der Waals surface area contributed by atoms with Crippen LogP contribution in [-0.4, -0.2) is 25.7 Å². The summed E-state index contributed by atoms with van der Waals surface area (Å²) in [5, 5.41) is 10.4. The Labute approximate surface area is 143 Å². The molecule has 21 heavy (non-hydrogen) atoms. The van der Waals surface area contributed by atoms with Crippen molar-refractivity contribution in [1.29, 1.82) is 0 Å². The molecular weight excluding hydrogens is 401 g/mol. The fraction of sp³-hybridized carbons (Fsp3) is 0.538. The molecule has 0 radical (unpaired) electrons. The molecule has 2 N–H and O–H groups in total. The molecule has 1 aromatic carbocycles. The van der Waals surface area contributed by atoms with Crippen LogP contribution in [0.1, 0.15) is 32.1 Å². The van der Waals surface area contributed by atoms with Crippen molar-refractivity contribution in [2.45, 2.75) is 42.6 Å². The second kappa shape index (κ2) is 6.72. The molecule has 1 aromatic rings. The molecule has 0 bridgehead atoms. The Balaban J connectivity index is 2.19. The Morgan fingerprint density at radius 3 is 2.24 bits per heavy atom. The average molecular weight is 417 g/mol. The fourth-order valence-corrected chi connectivity index (χ4v) is 5.53. The number of benzene rings is 1. The predicted octanol–water partition coefficient (Wildman–Crippen LogP) is 3.73. The molecular formula is C13H16BrCl2NO3S. The highest BCUT2D eigenvalue weighted by atomic mass is 79.9. The zero-order valence-corrected chi connectivity index (χ0v) is 15.1. The zero-order valence-electron chi connectivity index (χ0n) is 11.2. The highest BCUT2D eigenvalue weighted by molar-refractivity contribution is 9.10. The van der Waals surface area contributed by atoms with Gasteiger partial charge in [-0.15, -0.1) is 0 Å². The Morgan fingerprint density at radius 2 is 1.71 bits per heavy atom. The maximum Gasteiger partial charge on any atom is 0.243 e. The van der Waals surface area contributed by atoms with E-state index in [1.54, 1.807) is 0 Å². The van der Waals surface area contributed by atoms with Gasteiger partial charge >= 0.3 is 0 Å². The summed E-state index contributed by atoms with van der Waals surface area (Å²) in [6, 6.07) is 2.94. The second-order valence-corrected chi connectivity index (χ2v) is 8.74. The molecule has 118 valence electrons. The summed E-state index contributed by atoms with van der Waals surface area (Å²) >= 11 is 15.2. The van der Waals surface area contributed by atoms with Crippen LogP contribution in [0.2, 0.25) is 10.0 Å². The molecule has 8 heteroatoms.